The standard InChI is InChI=1S/C24H46N10O8/c25-9-3-1-6-14(27)20(38)33-15(7-2-4-10-26)21(39)31-13-18(35)32-17(12-19(36)37)22(40)34-16(23(41)42)8-5-11-30-24(28)29/h14-17H,1-13,25-27H2,(H,31,39)(H,32,35)(H,33,38)(H,34,40)(H,36,37)(H,41,42)(H4,28,29,30)/t14-,15-,16-,17-/m0/s1. The van der Waals surface area contributed by atoms with Crippen LogP contribution in [0.25, 0.3) is 0 Å². The quantitative estimate of drug-likeness (QED) is 0.0301. The van der Waals surface area contributed by atoms with Crippen LogP contribution < -0.4 is 49.5 Å². The molecule has 0 fully saturated rings. The lowest BCUT2D eigenvalue weighted by atomic mass is 10.1. The highest BCUT2D eigenvalue weighted by atomic mass is 16.4. The SMILES string of the molecule is N=C(N)NCCC[C@H](NC(=O)[C@H](CC(=O)O)NC(=O)CNC(=O)[C@H](CCCCN)NC(=O)[C@@H](N)CCCCN)C(=O)O. The van der Waals surface area contributed by atoms with E-state index < -0.39 is 72.7 Å². The minimum atomic E-state index is -1.64. The van der Waals surface area contributed by atoms with Gasteiger partial charge in [-0.2, -0.15) is 0 Å². The van der Waals surface area contributed by atoms with E-state index in [-0.39, 0.29) is 31.8 Å². The van der Waals surface area contributed by atoms with Gasteiger partial charge in [0.2, 0.25) is 23.6 Å². The van der Waals surface area contributed by atoms with Crippen LogP contribution in [0.1, 0.15) is 57.8 Å². The number of hydrogen-bond donors (Lipinski definition) is 12. The minimum absolute atomic E-state index is 0.0703. The van der Waals surface area contributed by atoms with Crippen LogP contribution in [-0.2, 0) is 28.8 Å². The molecule has 0 aromatic carbocycles. The Kier molecular flexibility index (Phi) is 19.6. The third kappa shape index (κ3) is 17.6. The van der Waals surface area contributed by atoms with Crippen LogP contribution in [0.2, 0.25) is 0 Å². The van der Waals surface area contributed by atoms with E-state index in [0.717, 1.165) is 0 Å². The number of nitrogens with one attached hydrogen (secondary N) is 6. The number of amides is 4. The van der Waals surface area contributed by atoms with Gasteiger partial charge in [-0.15, -0.1) is 0 Å². The van der Waals surface area contributed by atoms with E-state index in [2.05, 4.69) is 26.6 Å². The summed E-state index contributed by atoms with van der Waals surface area (Å²) in [6, 6.07) is -4.93. The van der Waals surface area contributed by atoms with Crippen LogP contribution in [0.15, 0.2) is 0 Å². The molecule has 16 N–H and O–H groups in total. The van der Waals surface area contributed by atoms with Crippen LogP contribution in [0.5, 0.6) is 0 Å². The average molecular weight is 603 g/mol. The Bertz CT molecular complexity index is 920. The third-order valence-electron chi connectivity index (χ3n) is 5.94. The zero-order valence-electron chi connectivity index (χ0n) is 23.7. The molecule has 0 aromatic heterocycles. The molecule has 42 heavy (non-hydrogen) atoms. The van der Waals surface area contributed by atoms with E-state index in [0.29, 0.717) is 45.2 Å². The monoisotopic (exact) mass is 602 g/mol. The summed E-state index contributed by atoms with van der Waals surface area (Å²) in [7, 11) is 0. The number of unbranched alkanes of at least 4 members (excludes halogenated alkanes) is 2. The van der Waals surface area contributed by atoms with Crippen LogP contribution in [-0.4, -0.2) is 102 Å². The zero-order valence-corrected chi connectivity index (χ0v) is 23.7. The number of hydrogen-bond acceptors (Lipinski definition) is 10. The van der Waals surface area contributed by atoms with Gasteiger partial charge in [-0.3, -0.25) is 29.4 Å². The molecule has 0 unspecified atom stereocenters. The molecule has 0 heterocycles. The molecule has 0 aliphatic rings. The van der Waals surface area contributed by atoms with Crippen molar-refractivity contribution in [1.29, 1.82) is 5.41 Å². The second-order valence-corrected chi connectivity index (χ2v) is 9.55. The number of nitrogens with two attached hydrogens (primary N) is 4. The fourth-order valence-electron chi connectivity index (χ4n) is 3.66. The fraction of sp³-hybridized carbons (Fsp3) is 0.708. The van der Waals surface area contributed by atoms with Crippen LogP contribution in [0.3, 0.4) is 0 Å². The molecule has 18 nitrogen and oxygen atoms in total. The number of carboxylic acids is 2. The smallest absolute Gasteiger partial charge is 0.326 e. The molecule has 0 rings (SSSR count). The molecule has 0 saturated carbocycles. The first-order valence-electron chi connectivity index (χ1n) is 13.7. The zero-order chi connectivity index (χ0) is 32.1. The normalized spacial score (nSPS) is 13.5. The highest BCUT2D eigenvalue weighted by Gasteiger charge is 2.29. The molecule has 0 radical (unpaired) electrons. The molecule has 4 amide bonds. The number of carbonyl (C=O) groups is 6. The van der Waals surface area contributed by atoms with Gasteiger partial charge in [-0.1, -0.05) is 6.42 Å². The van der Waals surface area contributed by atoms with Gasteiger partial charge in [0.15, 0.2) is 5.96 Å². The van der Waals surface area contributed by atoms with E-state index in [4.69, 9.17) is 28.3 Å². The summed E-state index contributed by atoms with van der Waals surface area (Å²) in [5.74, 6) is -6.37. The molecule has 0 saturated heterocycles. The van der Waals surface area contributed by atoms with Gasteiger partial charge < -0.3 is 59.7 Å². The number of rotatable bonds is 23. The van der Waals surface area contributed by atoms with Gasteiger partial charge in [-0.25, -0.2) is 4.79 Å². The van der Waals surface area contributed by atoms with Gasteiger partial charge in [-0.05, 0) is 58.0 Å². The summed E-state index contributed by atoms with van der Waals surface area (Å²) in [4.78, 5) is 73.3. The summed E-state index contributed by atoms with van der Waals surface area (Å²) in [5.41, 5.74) is 22.0. The van der Waals surface area contributed by atoms with Crippen molar-refractivity contribution in [1.82, 2.24) is 26.6 Å². The summed E-state index contributed by atoms with van der Waals surface area (Å²) in [5, 5.41) is 37.4. The molecule has 0 aliphatic carbocycles. The fourth-order valence-corrected chi connectivity index (χ4v) is 3.66. The Balaban J connectivity index is 5.20. The number of guanidine groups is 1. The van der Waals surface area contributed by atoms with E-state index >= 15 is 0 Å². The molecule has 0 bridgehead atoms. The second kappa shape index (κ2) is 21.7. The van der Waals surface area contributed by atoms with Gasteiger partial charge >= 0.3 is 11.9 Å². The molecular formula is C24H46N10O8. The lowest BCUT2D eigenvalue weighted by Crippen LogP contribution is -2.55. The van der Waals surface area contributed by atoms with Crippen LogP contribution in [0, 0.1) is 5.41 Å². The summed E-state index contributed by atoms with van der Waals surface area (Å²) in [6.07, 6.45) is 2.27. The van der Waals surface area contributed by atoms with Gasteiger partial charge in [0, 0.05) is 6.54 Å². The first-order chi connectivity index (χ1) is 19.8. The van der Waals surface area contributed by atoms with E-state index in [1.54, 1.807) is 0 Å². The van der Waals surface area contributed by atoms with E-state index in [1.807, 2.05) is 0 Å². The Labute approximate surface area is 243 Å². The first kappa shape index (κ1) is 38.0. The van der Waals surface area contributed by atoms with Crippen molar-refractivity contribution in [3.05, 3.63) is 0 Å². The Morgan fingerprint density at radius 2 is 1.26 bits per heavy atom. The molecule has 4 atom stereocenters. The maximum atomic E-state index is 12.8. The summed E-state index contributed by atoms with van der Waals surface area (Å²) in [6.45, 7) is 0.328. The number of carboxylic acid groups (broad SMARTS) is 2. The van der Waals surface area contributed by atoms with Crippen LogP contribution in [0.4, 0.5) is 0 Å². The maximum Gasteiger partial charge on any atom is 0.326 e. The van der Waals surface area contributed by atoms with Gasteiger partial charge in [0.1, 0.15) is 18.1 Å². The topological polar surface area (TPSA) is 331 Å². The van der Waals surface area contributed by atoms with Gasteiger partial charge in [0.05, 0.1) is 19.0 Å². The van der Waals surface area contributed by atoms with E-state index in [1.165, 1.54) is 0 Å². The largest absolute Gasteiger partial charge is 0.481 e. The Morgan fingerprint density at radius 1 is 0.690 bits per heavy atom. The Hall–Kier alpha value is -4.03. The molecule has 18 heteroatoms. The lowest BCUT2D eigenvalue weighted by Gasteiger charge is -2.22. The highest BCUT2D eigenvalue weighted by Crippen LogP contribution is 2.04. The molecule has 0 aromatic rings. The summed E-state index contributed by atoms with van der Waals surface area (Å²) < 4.78 is 0. The highest BCUT2D eigenvalue weighted by molar-refractivity contribution is 5.95. The number of aliphatic carboxylic acids is 2. The van der Waals surface area contributed by atoms with Crippen molar-refractivity contribution >= 4 is 41.5 Å². The molecule has 0 aliphatic heterocycles. The van der Waals surface area contributed by atoms with Crippen molar-refractivity contribution < 1.29 is 39.0 Å². The first-order valence-corrected chi connectivity index (χ1v) is 13.7. The maximum absolute atomic E-state index is 12.8. The minimum Gasteiger partial charge on any atom is -0.481 e. The lowest BCUT2D eigenvalue weighted by molar-refractivity contribution is -0.143. The summed E-state index contributed by atoms with van der Waals surface area (Å²) >= 11 is 0. The predicted octanol–water partition coefficient (Wildman–Crippen LogP) is -4.04. The van der Waals surface area contributed by atoms with Gasteiger partial charge in [0.25, 0.3) is 0 Å². The molecular weight excluding hydrogens is 556 g/mol. The van der Waals surface area contributed by atoms with E-state index in [9.17, 15) is 39.0 Å². The number of carbonyl (C=O) groups excluding carboxylic acids is 4. The Morgan fingerprint density at radius 3 is 1.81 bits per heavy atom. The van der Waals surface area contributed by atoms with Crippen LogP contribution >= 0.6 is 0 Å². The third-order valence-corrected chi connectivity index (χ3v) is 5.94. The predicted molar refractivity (Wildman–Crippen MR) is 152 cm³/mol. The van der Waals surface area contributed by atoms with Crippen molar-refractivity contribution in [3.63, 3.8) is 0 Å². The average Bonchev–Trinajstić information content (AvgIpc) is 2.91. The van der Waals surface area contributed by atoms with Crippen molar-refractivity contribution in [3.8, 4) is 0 Å². The van der Waals surface area contributed by atoms with Crippen molar-refractivity contribution in [2.75, 3.05) is 26.2 Å². The molecule has 0 spiro atoms. The molecule has 240 valence electrons. The second-order valence-electron chi connectivity index (χ2n) is 9.55. The van der Waals surface area contributed by atoms with Crippen molar-refractivity contribution in [2.45, 2.75) is 82.0 Å². The van der Waals surface area contributed by atoms with Crippen molar-refractivity contribution in [2.24, 2.45) is 22.9 Å².